The van der Waals surface area contributed by atoms with E-state index in [0.29, 0.717) is 13.0 Å². The smallest absolute Gasteiger partial charge is 0.323 e. The molecule has 0 spiro atoms. The molecular weight excluding hydrogens is 376 g/mol. The van der Waals surface area contributed by atoms with Crippen molar-refractivity contribution < 1.29 is 4.79 Å². The highest BCUT2D eigenvalue weighted by Crippen LogP contribution is 2.40. The van der Waals surface area contributed by atoms with Crippen molar-refractivity contribution >= 4 is 17.5 Å². The van der Waals surface area contributed by atoms with E-state index in [1.165, 1.54) is 0 Å². The van der Waals surface area contributed by atoms with Crippen molar-refractivity contribution in [2.45, 2.75) is 25.8 Å². The minimum atomic E-state index is -0.0886. The number of anilines is 2. The summed E-state index contributed by atoms with van der Waals surface area (Å²) in [4.78, 5) is 30.9. The zero-order valence-corrected chi connectivity index (χ0v) is 17.0. The Morgan fingerprint density at radius 1 is 1.17 bits per heavy atom. The number of rotatable bonds is 4. The molecule has 2 aliphatic heterocycles. The van der Waals surface area contributed by atoms with Crippen molar-refractivity contribution in [1.82, 2.24) is 20.3 Å². The number of carbonyl (C=O) groups excluding carboxylic acids is 1. The Kier molecular flexibility index (Phi) is 4.78. The summed E-state index contributed by atoms with van der Waals surface area (Å²) in [5.74, 6) is 0.742. The molecule has 7 heteroatoms. The minimum Gasteiger partial charge on any atom is -0.366 e. The minimum absolute atomic E-state index is 0.0886. The van der Waals surface area contributed by atoms with Gasteiger partial charge in [0, 0.05) is 55.4 Å². The average molecular weight is 400 g/mol. The van der Waals surface area contributed by atoms with E-state index in [0.717, 1.165) is 53.7 Å². The first-order valence-electron chi connectivity index (χ1n) is 10.3. The van der Waals surface area contributed by atoms with E-state index in [1.54, 1.807) is 12.4 Å². The summed E-state index contributed by atoms with van der Waals surface area (Å²) in [6.45, 7) is 4.32. The highest BCUT2D eigenvalue weighted by molar-refractivity contribution is 5.97. The largest absolute Gasteiger partial charge is 0.366 e. The number of aromatic nitrogens is 3. The number of nitrogens with zero attached hydrogens (tertiary/aromatic N) is 5. The summed E-state index contributed by atoms with van der Waals surface area (Å²) < 4.78 is 0. The molecule has 5 heterocycles. The number of hydrogen-bond donors (Lipinski definition) is 1. The van der Waals surface area contributed by atoms with Gasteiger partial charge in [-0.2, -0.15) is 0 Å². The standard InChI is InChI=1S/C23H24N6O/c1-16-14-17(7-11-24-16)20-5-6-21-22(27-20)29(19-9-13-28(21)15-19)23(30)26-12-8-18-4-2-3-10-25-18/h2-7,10-11,14,19H,8-9,12-13,15H2,1H3,(H,26,30). The van der Waals surface area contributed by atoms with E-state index >= 15 is 0 Å². The Bertz CT molecular complexity index is 1070. The monoisotopic (exact) mass is 400 g/mol. The van der Waals surface area contributed by atoms with Crippen LogP contribution < -0.4 is 15.1 Å². The van der Waals surface area contributed by atoms with E-state index < -0.39 is 0 Å². The molecule has 2 aliphatic rings. The molecule has 2 bridgehead atoms. The lowest BCUT2D eigenvalue weighted by Crippen LogP contribution is -2.51. The Morgan fingerprint density at radius 2 is 2.10 bits per heavy atom. The van der Waals surface area contributed by atoms with Gasteiger partial charge < -0.3 is 10.2 Å². The van der Waals surface area contributed by atoms with Gasteiger partial charge in [0.15, 0.2) is 5.82 Å². The Balaban J connectivity index is 1.40. The maximum atomic E-state index is 13.2. The first kappa shape index (κ1) is 18.5. The van der Waals surface area contributed by atoms with Crippen molar-refractivity contribution in [3.05, 3.63) is 66.2 Å². The number of hydrogen-bond acceptors (Lipinski definition) is 5. The molecule has 1 atom stereocenters. The molecule has 0 aromatic carbocycles. The van der Waals surface area contributed by atoms with Crippen molar-refractivity contribution in [3.63, 3.8) is 0 Å². The highest BCUT2D eigenvalue weighted by Gasteiger charge is 2.40. The molecule has 1 unspecified atom stereocenters. The number of aryl methyl sites for hydroxylation is 1. The molecule has 7 nitrogen and oxygen atoms in total. The second kappa shape index (κ2) is 7.74. The topological polar surface area (TPSA) is 74.2 Å². The van der Waals surface area contributed by atoms with E-state index in [9.17, 15) is 4.79 Å². The first-order valence-corrected chi connectivity index (χ1v) is 10.3. The highest BCUT2D eigenvalue weighted by atomic mass is 16.2. The molecule has 3 aromatic heterocycles. The maximum absolute atomic E-state index is 13.2. The van der Waals surface area contributed by atoms with Crippen LogP contribution in [0.25, 0.3) is 11.3 Å². The van der Waals surface area contributed by atoms with Crippen LogP contribution in [0.5, 0.6) is 0 Å². The van der Waals surface area contributed by atoms with Crippen LogP contribution in [0.2, 0.25) is 0 Å². The van der Waals surface area contributed by atoms with Crippen LogP contribution >= 0.6 is 0 Å². The summed E-state index contributed by atoms with van der Waals surface area (Å²) in [5.41, 5.74) is 4.80. The lowest BCUT2D eigenvalue weighted by atomic mass is 10.1. The van der Waals surface area contributed by atoms with Crippen LogP contribution in [0.1, 0.15) is 17.8 Å². The maximum Gasteiger partial charge on any atom is 0.323 e. The fraction of sp³-hybridized carbons (Fsp3) is 0.304. The normalized spacial score (nSPS) is 17.0. The summed E-state index contributed by atoms with van der Waals surface area (Å²) in [5, 5.41) is 3.07. The molecule has 0 aliphatic carbocycles. The van der Waals surface area contributed by atoms with Gasteiger partial charge in [0.05, 0.1) is 17.4 Å². The molecule has 0 radical (unpaired) electrons. The second-order valence-corrected chi connectivity index (χ2v) is 7.79. The van der Waals surface area contributed by atoms with Gasteiger partial charge in [0.25, 0.3) is 0 Å². The molecule has 30 heavy (non-hydrogen) atoms. The lowest BCUT2D eigenvalue weighted by molar-refractivity contribution is 0.244. The van der Waals surface area contributed by atoms with Gasteiger partial charge >= 0.3 is 6.03 Å². The summed E-state index contributed by atoms with van der Waals surface area (Å²) in [6.07, 6.45) is 5.22. The third-order valence-corrected chi connectivity index (χ3v) is 5.75. The summed E-state index contributed by atoms with van der Waals surface area (Å²) in [6, 6.07) is 14.0. The van der Waals surface area contributed by atoms with E-state index in [-0.39, 0.29) is 12.1 Å². The zero-order chi connectivity index (χ0) is 20.5. The van der Waals surface area contributed by atoms with Crippen molar-refractivity contribution in [1.29, 1.82) is 0 Å². The predicted octanol–water partition coefficient (Wildman–Crippen LogP) is 3.20. The second-order valence-electron chi connectivity index (χ2n) is 7.79. The van der Waals surface area contributed by atoms with E-state index in [2.05, 4.69) is 26.3 Å². The average Bonchev–Trinajstić information content (AvgIpc) is 3.18. The number of amides is 2. The third-order valence-electron chi connectivity index (χ3n) is 5.75. The van der Waals surface area contributed by atoms with Crippen LogP contribution in [-0.4, -0.2) is 46.7 Å². The van der Waals surface area contributed by atoms with Gasteiger partial charge in [-0.15, -0.1) is 0 Å². The molecular formula is C23H24N6O. The lowest BCUT2D eigenvalue weighted by Gasteiger charge is -2.36. The number of nitrogens with one attached hydrogen (secondary N) is 1. The van der Waals surface area contributed by atoms with Crippen LogP contribution in [-0.2, 0) is 6.42 Å². The van der Waals surface area contributed by atoms with Gasteiger partial charge in [-0.05, 0) is 49.7 Å². The van der Waals surface area contributed by atoms with Gasteiger partial charge in [0.1, 0.15) is 0 Å². The SMILES string of the molecule is Cc1cc(-c2ccc3c(n2)N(C(=O)NCCc2ccccn2)C2CCN3C2)ccn1. The molecule has 1 saturated heterocycles. The predicted molar refractivity (Wildman–Crippen MR) is 117 cm³/mol. The Morgan fingerprint density at radius 3 is 2.93 bits per heavy atom. The third kappa shape index (κ3) is 3.47. The van der Waals surface area contributed by atoms with Gasteiger partial charge in [0.2, 0.25) is 0 Å². The van der Waals surface area contributed by atoms with Crippen molar-refractivity contribution in [3.8, 4) is 11.3 Å². The fourth-order valence-electron chi connectivity index (χ4n) is 4.27. The summed E-state index contributed by atoms with van der Waals surface area (Å²) >= 11 is 0. The van der Waals surface area contributed by atoms with E-state index in [1.807, 2.05) is 48.2 Å². The van der Waals surface area contributed by atoms with Gasteiger partial charge in [-0.1, -0.05) is 6.07 Å². The van der Waals surface area contributed by atoms with Crippen LogP contribution in [0.3, 0.4) is 0 Å². The van der Waals surface area contributed by atoms with Crippen LogP contribution in [0, 0.1) is 6.92 Å². The molecule has 1 N–H and O–H groups in total. The molecule has 2 amide bonds. The van der Waals surface area contributed by atoms with Crippen LogP contribution in [0.4, 0.5) is 16.3 Å². The van der Waals surface area contributed by atoms with Crippen molar-refractivity contribution in [2.75, 3.05) is 29.4 Å². The van der Waals surface area contributed by atoms with Crippen molar-refractivity contribution in [2.24, 2.45) is 0 Å². The summed E-state index contributed by atoms with van der Waals surface area (Å²) in [7, 11) is 0. The van der Waals surface area contributed by atoms with Crippen LogP contribution in [0.15, 0.2) is 54.9 Å². The zero-order valence-electron chi connectivity index (χ0n) is 17.0. The number of urea groups is 1. The van der Waals surface area contributed by atoms with Gasteiger partial charge in [-0.25, -0.2) is 9.78 Å². The first-order chi connectivity index (χ1) is 14.7. The number of carbonyl (C=O) groups is 1. The fourth-order valence-corrected chi connectivity index (χ4v) is 4.27. The molecule has 0 saturated carbocycles. The van der Waals surface area contributed by atoms with Gasteiger partial charge in [-0.3, -0.25) is 14.9 Å². The Labute approximate surface area is 175 Å². The molecule has 1 fully saturated rings. The number of pyridine rings is 3. The Hall–Kier alpha value is -3.48. The molecule has 5 rings (SSSR count). The van der Waals surface area contributed by atoms with E-state index in [4.69, 9.17) is 4.98 Å². The molecule has 3 aromatic rings. The number of fused-ring (bicyclic) bond motifs is 4. The molecule has 152 valence electrons. The quantitative estimate of drug-likeness (QED) is 0.728.